The number of aryl methyl sites for hydroxylation is 3. The molecule has 1 saturated heterocycles. The van der Waals surface area contributed by atoms with Crippen LogP contribution < -0.4 is 4.90 Å². The van der Waals surface area contributed by atoms with Crippen LogP contribution in [0.4, 0.5) is 5.69 Å². The Morgan fingerprint density at radius 1 is 0.970 bits per heavy atom. The number of hydrogen-bond acceptors (Lipinski definition) is 4. The van der Waals surface area contributed by atoms with Crippen molar-refractivity contribution in [2.24, 2.45) is 0 Å². The number of piperidine rings is 1. The Hall–Kier alpha value is -3.41. The van der Waals surface area contributed by atoms with Gasteiger partial charge in [-0.1, -0.05) is 48.0 Å². The third kappa shape index (κ3) is 5.69. The van der Waals surface area contributed by atoms with Crippen LogP contribution in [0.25, 0.3) is 11.3 Å². The predicted octanol–water partition coefficient (Wildman–Crippen LogP) is 4.94. The Balaban J connectivity index is 1.47. The average molecular weight is 446 g/mol. The number of carbonyl (C=O) groups is 2. The molecule has 4 rings (SSSR count). The molecule has 2 aromatic carbocycles. The average Bonchev–Trinajstić information content (AvgIpc) is 3.23. The van der Waals surface area contributed by atoms with Crippen LogP contribution in [-0.2, 0) is 16.0 Å². The number of rotatable bonds is 7. The maximum Gasteiger partial charge on any atom is 0.242 e. The van der Waals surface area contributed by atoms with E-state index in [1.165, 1.54) is 0 Å². The molecule has 3 aromatic rings. The molecule has 0 bridgehead atoms. The molecular formula is C27H31N3O3. The van der Waals surface area contributed by atoms with Gasteiger partial charge >= 0.3 is 0 Å². The first-order valence-electron chi connectivity index (χ1n) is 11.7. The maximum atomic E-state index is 13.3. The van der Waals surface area contributed by atoms with Crippen LogP contribution in [0.15, 0.2) is 59.0 Å². The molecule has 33 heavy (non-hydrogen) atoms. The fourth-order valence-corrected chi connectivity index (χ4v) is 4.19. The van der Waals surface area contributed by atoms with E-state index >= 15 is 0 Å². The van der Waals surface area contributed by atoms with Crippen LogP contribution >= 0.6 is 0 Å². The minimum Gasteiger partial charge on any atom is -0.440 e. The summed E-state index contributed by atoms with van der Waals surface area (Å²) in [4.78, 5) is 34.2. The molecule has 1 aromatic heterocycles. The largest absolute Gasteiger partial charge is 0.440 e. The van der Waals surface area contributed by atoms with Gasteiger partial charge in [-0.3, -0.25) is 9.59 Å². The van der Waals surface area contributed by atoms with Crippen molar-refractivity contribution in [2.75, 3.05) is 24.5 Å². The van der Waals surface area contributed by atoms with E-state index in [0.29, 0.717) is 12.3 Å². The fourth-order valence-electron chi connectivity index (χ4n) is 4.19. The summed E-state index contributed by atoms with van der Waals surface area (Å²) in [6, 6.07) is 17.6. The van der Waals surface area contributed by atoms with Crippen molar-refractivity contribution in [3.63, 3.8) is 0 Å². The topological polar surface area (TPSA) is 66.7 Å². The van der Waals surface area contributed by atoms with Gasteiger partial charge in [0.1, 0.15) is 6.54 Å². The van der Waals surface area contributed by atoms with Crippen molar-refractivity contribution in [1.29, 1.82) is 0 Å². The van der Waals surface area contributed by atoms with Crippen LogP contribution in [0, 0.1) is 13.8 Å². The lowest BCUT2D eigenvalue weighted by Crippen LogP contribution is -2.45. The van der Waals surface area contributed by atoms with Crippen LogP contribution in [0.2, 0.25) is 0 Å². The van der Waals surface area contributed by atoms with E-state index < -0.39 is 0 Å². The lowest BCUT2D eigenvalue weighted by atomic mass is 10.1. The molecule has 6 heteroatoms. The molecule has 0 aliphatic carbocycles. The van der Waals surface area contributed by atoms with Crippen LogP contribution in [0.3, 0.4) is 0 Å². The summed E-state index contributed by atoms with van der Waals surface area (Å²) in [7, 11) is 0. The molecular weight excluding hydrogens is 414 g/mol. The molecule has 0 unspecified atom stereocenters. The van der Waals surface area contributed by atoms with E-state index in [9.17, 15) is 9.59 Å². The Labute approximate surface area is 195 Å². The molecule has 2 amide bonds. The molecule has 0 spiro atoms. The molecule has 2 heterocycles. The number of carbonyl (C=O) groups excluding carboxylic acids is 2. The van der Waals surface area contributed by atoms with Gasteiger partial charge in [-0.25, -0.2) is 4.98 Å². The number of benzene rings is 2. The smallest absolute Gasteiger partial charge is 0.242 e. The summed E-state index contributed by atoms with van der Waals surface area (Å²) in [6.45, 7) is 5.51. The van der Waals surface area contributed by atoms with Crippen molar-refractivity contribution in [1.82, 2.24) is 9.88 Å². The highest BCUT2D eigenvalue weighted by molar-refractivity contribution is 5.98. The van der Waals surface area contributed by atoms with E-state index in [0.717, 1.165) is 60.6 Å². The minimum atomic E-state index is -0.110. The number of aromatic nitrogens is 1. The zero-order chi connectivity index (χ0) is 23.2. The first kappa shape index (κ1) is 22.8. The Bertz CT molecular complexity index is 1080. The molecule has 1 aliphatic rings. The highest BCUT2D eigenvalue weighted by Gasteiger charge is 2.24. The minimum absolute atomic E-state index is 0.00181. The molecule has 1 fully saturated rings. The van der Waals surface area contributed by atoms with E-state index in [2.05, 4.69) is 4.98 Å². The van der Waals surface area contributed by atoms with E-state index in [-0.39, 0.29) is 24.8 Å². The van der Waals surface area contributed by atoms with Crippen LogP contribution in [0.5, 0.6) is 0 Å². The number of likely N-dealkylation sites (tertiary alicyclic amines) is 1. The van der Waals surface area contributed by atoms with Crippen LogP contribution in [-0.4, -0.2) is 41.3 Å². The van der Waals surface area contributed by atoms with Gasteiger partial charge in [0.2, 0.25) is 11.8 Å². The van der Waals surface area contributed by atoms with E-state index in [1.54, 1.807) is 4.90 Å². The van der Waals surface area contributed by atoms with Crippen molar-refractivity contribution in [2.45, 2.75) is 46.0 Å². The normalized spacial score (nSPS) is 13.7. The number of hydrogen-bond donors (Lipinski definition) is 0. The third-order valence-corrected chi connectivity index (χ3v) is 6.08. The number of nitrogens with zero attached hydrogens (tertiary/aromatic N) is 3. The van der Waals surface area contributed by atoms with Gasteiger partial charge in [-0.2, -0.15) is 0 Å². The first-order valence-corrected chi connectivity index (χ1v) is 11.7. The first-order chi connectivity index (χ1) is 16.0. The fraction of sp³-hybridized carbons (Fsp3) is 0.370. The number of amides is 2. The summed E-state index contributed by atoms with van der Waals surface area (Å²) in [5, 5.41) is 0. The molecule has 6 nitrogen and oxygen atoms in total. The lowest BCUT2D eigenvalue weighted by Gasteiger charge is -2.30. The van der Waals surface area contributed by atoms with Gasteiger partial charge in [0.05, 0.1) is 5.69 Å². The molecule has 1 aliphatic heterocycles. The van der Waals surface area contributed by atoms with Gasteiger partial charge in [0.25, 0.3) is 0 Å². The number of oxazole rings is 1. The summed E-state index contributed by atoms with van der Waals surface area (Å²) in [6.07, 6.45) is 3.81. The Kier molecular flexibility index (Phi) is 7.23. The van der Waals surface area contributed by atoms with Crippen LogP contribution in [0.1, 0.15) is 42.8 Å². The summed E-state index contributed by atoms with van der Waals surface area (Å²) >= 11 is 0. The molecule has 0 radical (unpaired) electrons. The second-order valence-electron chi connectivity index (χ2n) is 8.65. The highest BCUT2D eigenvalue weighted by Crippen LogP contribution is 2.25. The van der Waals surface area contributed by atoms with Gasteiger partial charge < -0.3 is 14.2 Å². The zero-order valence-electron chi connectivity index (χ0n) is 19.4. The van der Waals surface area contributed by atoms with Crippen molar-refractivity contribution in [3.8, 4) is 11.3 Å². The second kappa shape index (κ2) is 10.5. The van der Waals surface area contributed by atoms with Gasteiger partial charge in [0.15, 0.2) is 11.7 Å². The predicted molar refractivity (Wildman–Crippen MR) is 129 cm³/mol. The molecule has 0 N–H and O–H groups in total. The van der Waals surface area contributed by atoms with Crippen molar-refractivity contribution < 1.29 is 14.0 Å². The van der Waals surface area contributed by atoms with Crippen molar-refractivity contribution >= 4 is 17.5 Å². The highest BCUT2D eigenvalue weighted by atomic mass is 16.4. The Morgan fingerprint density at radius 2 is 1.67 bits per heavy atom. The molecule has 0 atom stereocenters. The van der Waals surface area contributed by atoms with E-state index in [4.69, 9.17) is 4.42 Å². The van der Waals surface area contributed by atoms with Gasteiger partial charge in [0, 0.05) is 37.2 Å². The standard InChI is InChI=1S/C27H31N3O3/c1-20-11-13-23(14-12-20)30(19-26(32)29-17-7-4-8-18-29)25(31)16-15-24-28-21(2)27(33-24)22-9-5-3-6-10-22/h3,5-6,9-14H,4,7-8,15-19H2,1-2H3. The molecule has 0 saturated carbocycles. The SMILES string of the molecule is Cc1ccc(N(CC(=O)N2CCCCC2)C(=O)CCc2nc(C)c(-c3ccccc3)o2)cc1. The monoisotopic (exact) mass is 445 g/mol. The number of anilines is 1. The van der Waals surface area contributed by atoms with Gasteiger partial charge in [-0.05, 0) is 45.2 Å². The zero-order valence-corrected chi connectivity index (χ0v) is 19.4. The summed E-state index contributed by atoms with van der Waals surface area (Å²) in [5.74, 6) is 1.16. The second-order valence-corrected chi connectivity index (χ2v) is 8.65. The van der Waals surface area contributed by atoms with Crippen molar-refractivity contribution in [3.05, 3.63) is 71.7 Å². The lowest BCUT2D eigenvalue weighted by molar-refractivity contribution is -0.132. The summed E-state index contributed by atoms with van der Waals surface area (Å²) in [5.41, 5.74) is 3.62. The third-order valence-electron chi connectivity index (χ3n) is 6.08. The summed E-state index contributed by atoms with van der Waals surface area (Å²) < 4.78 is 5.97. The Morgan fingerprint density at radius 3 is 2.36 bits per heavy atom. The van der Waals surface area contributed by atoms with Gasteiger partial charge in [-0.15, -0.1) is 0 Å². The maximum absolute atomic E-state index is 13.3. The van der Waals surface area contributed by atoms with E-state index in [1.807, 2.05) is 73.3 Å². The molecule has 172 valence electrons. The quantitative estimate of drug-likeness (QED) is 0.517.